The van der Waals surface area contributed by atoms with Gasteiger partial charge in [0.2, 0.25) is 0 Å². The van der Waals surface area contributed by atoms with Crippen LogP contribution in [0.3, 0.4) is 0 Å². The van der Waals surface area contributed by atoms with Crippen LogP contribution in [0.4, 0.5) is 0 Å². The quantitative estimate of drug-likeness (QED) is 0.853. The van der Waals surface area contributed by atoms with Gasteiger partial charge >= 0.3 is 0 Å². The largest absolute Gasteiger partial charge is 0.297 e. The summed E-state index contributed by atoms with van der Waals surface area (Å²) in [5.41, 5.74) is 2.39. The lowest BCUT2D eigenvalue weighted by atomic mass is 9.93. The van der Waals surface area contributed by atoms with Crippen molar-refractivity contribution >= 4 is 0 Å². The summed E-state index contributed by atoms with van der Waals surface area (Å²) < 4.78 is 0. The Morgan fingerprint density at radius 2 is 1.75 bits per heavy atom. The standard InChI is InChI=1S/C17H21N3/c1-3-9-18-16(7-1)12-15-6-5-11-20(13-15)14-17-8-2-4-10-19-17/h1-4,7-10,15H,5-6,11-14H2/t15-/m1/s1. The molecule has 1 aliphatic rings. The summed E-state index contributed by atoms with van der Waals surface area (Å²) in [6.45, 7) is 3.32. The summed E-state index contributed by atoms with van der Waals surface area (Å²) in [6, 6.07) is 12.4. The van der Waals surface area contributed by atoms with Crippen molar-refractivity contribution in [2.75, 3.05) is 13.1 Å². The third-order valence-electron chi connectivity index (χ3n) is 3.94. The van der Waals surface area contributed by atoms with Crippen LogP contribution in [0.25, 0.3) is 0 Å². The fourth-order valence-corrected chi connectivity index (χ4v) is 3.00. The van der Waals surface area contributed by atoms with E-state index in [1.54, 1.807) is 0 Å². The van der Waals surface area contributed by atoms with Crippen molar-refractivity contribution in [1.29, 1.82) is 0 Å². The molecule has 0 aromatic carbocycles. The van der Waals surface area contributed by atoms with E-state index in [4.69, 9.17) is 0 Å². The maximum absolute atomic E-state index is 4.45. The van der Waals surface area contributed by atoms with Gasteiger partial charge in [-0.1, -0.05) is 12.1 Å². The molecule has 20 heavy (non-hydrogen) atoms. The summed E-state index contributed by atoms with van der Waals surface area (Å²) in [7, 11) is 0. The SMILES string of the molecule is c1ccc(C[C@H]2CCCN(Cc3ccccn3)C2)nc1. The van der Waals surface area contributed by atoms with E-state index in [1.807, 2.05) is 24.5 Å². The average molecular weight is 267 g/mol. The van der Waals surface area contributed by atoms with Crippen molar-refractivity contribution in [2.24, 2.45) is 5.92 Å². The zero-order chi connectivity index (χ0) is 13.6. The molecule has 3 heteroatoms. The number of aromatic nitrogens is 2. The van der Waals surface area contributed by atoms with Crippen LogP contribution in [0.1, 0.15) is 24.2 Å². The van der Waals surface area contributed by atoms with Gasteiger partial charge in [0.15, 0.2) is 0 Å². The van der Waals surface area contributed by atoms with Gasteiger partial charge in [-0.2, -0.15) is 0 Å². The van der Waals surface area contributed by atoms with Gasteiger partial charge in [-0.15, -0.1) is 0 Å². The first kappa shape index (κ1) is 13.3. The number of hydrogen-bond acceptors (Lipinski definition) is 3. The minimum atomic E-state index is 0.724. The molecule has 0 radical (unpaired) electrons. The van der Waals surface area contributed by atoms with E-state index < -0.39 is 0 Å². The Morgan fingerprint density at radius 3 is 2.45 bits per heavy atom. The van der Waals surface area contributed by atoms with Crippen LogP contribution in [-0.4, -0.2) is 28.0 Å². The molecule has 2 aromatic heterocycles. The molecule has 0 spiro atoms. The van der Waals surface area contributed by atoms with Crippen LogP contribution in [0.5, 0.6) is 0 Å². The molecule has 0 unspecified atom stereocenters. The van der Waals surface area contributed by atoms with E-state index in [1.165, 1.54) is 30.8 Å². The predicted octanol–water partition coefficient (Wildman–Crippen LogP) is 2.93. The van der Waals surface area contributed by atoms with E-state index in [-0.39, 0.29) is 0 Å². The first-order valence-electron chi connectivity index (χ1n) is 7.42. The summed E-state index contributed by atoms with van der Waals surface area (Å²) >= 11 is 0. The topological polar surface area (TPSA) is 29.0 Å². The van der Waals surface area contributed by atoms with Gasteiger partial charge in [-0.3, -0.25) is 14.9 Å². The Morgan fingerprint density at radius 1 is 1.00 bits per heavy atom. The summed E-state index contributed by atoms with van der Waals surface area (Å²) in [5, 5.41) is 0. The van der Waals surface area contributed by atoms with E-state index in [2.05, 4.69) is 39.1 Å². The third-order valence-corrected chi connectivity index (χ3v) is 3.94. The number of hydrogen-bond donors (Lipinski definition) is 0. The van der Waals surface area contributed by atoms with Crippen LogP contribution in [-0.2, 0) is 13.0 Å². The predicted molar refractivity (Wildman–Crippen MR) is 80.2 cm³/mol. The summed E-state index contributed by atoms with van der Waals surface area (Å²) in [6.07, 6.45) is 7.47. The lowest BCUT2D eigenvalue weighted by Gasteiger charge is -2.32. The highest BCUT2D eigenvalue weighted by Gasteiger charge is 2.20. The Hall–Kier alpha value is -1.74. The lowest BCUT2D eigenvalue weighted by molar-refractivity contribution is 0.165. The van der Waals surface area contributed by atoms with E-state index in [0.717, 1.165) is 25.4 Å². The van der Waals surface area contributed by atoms with Crippen LogP contribution in [0, 0.1) is 5.92 Å². The molecule has 2 aromatic rings. The van der Waals surface area contributed by atoms with Crippen molar-refractivity contribution in [1.82, 2.24) is 14.9 Å². The molecule has 1 saturated heterocycles. The molecule has 0 bridgehead atoms. The molecule has 104 valence electrons. The van der Waals surface area contributed by atoms with Crippen LogP contribution >= 0.6 is 0 Å². The van der Waals surface area contributed by atoms with Crippen molar-refractivity contribution in [2.45, 2.75) is 25.8 Å². The highest BCUT2D eigenvalue weighted by Crippen LogP contribution is 2.21. The van der Waals surface area contributed by atoms with Gasteiger partial charge in [0.25, 0.3) is 0 Å². The van der Waals surface area contributed by atoms with E-state index in [9.17, 15) is 0 Å². The van der Waals surface area contributed by atoms with Crippen molar-refractivity contribution in [3.05, 3.63) is 60.2 Å². The van der Waals surface area contributed by atoms with Gasteiger partial charge in [-0.05, 0) is 56.0 Å². The van der Waals surface area contributed by atoms with Gasteiger partial charge < -0.3 is 0 Å². The Balaban J connectivity index is 1.57. The maximum Gasteiger partial charge on any atom is 0.0543 e. The third kappa shape index (κ3) is 3.64. The fourth-order valence-electron chi connectivity index (χ4n) is 3.00. The van der Waals surface area contributed by atoms with Crippen LogP contribution < -0.4 is 0 Å². The monoisotopic (exact) mass is 267 g/mol. The lowest BCUT2D eigenvalue weighted by Crippen LogP contribution is -2.36. The Kier molecular flexibility index (Phi) is 4.38. The molecule has 1 fully saturated rings. The minimum absolute atomic E-state index is 0.724. The zero-order valence-corrected chi connectivity index (χ0v) is 11.8. The second-order valence-electron chi connectivity index (χ2n) is 5.59. The molecule has 3 heterocycles. The smallest absolute Gasteiger partial charge is 0.0543 e. The highest BCUT2D eigenvalue weighted by atomic mass is 15.1. The number of piperidine rings is 1. The molecule has 3 nitrogen and oxygen atoms in total. The first-order chi connectivity index (χ1) is 9.90. The molecule has 0 N–H and O–H groups in total. The second-order valence-corrected chi connectivity index (χ2v) is 5.59. The van der Waals surface area contributed by atoms with Crippen molar-refractivity contribution in [3.63, 3.8) is 0 Å². The zero-order valence-electron chi connectivity index (χ0n) is 11.8. The average Bonchev–Trinajstić information content (AvgIpc) is 2.50. The van der Waals surface area contributed by atoms with Gasteiger partial charge in [0.1, 0.15) is 0 Å². The van der Waals surface area contributed by atoms with Gasteiger partial charge in [0, 0.05) is 31.2 Å². The number of nitrogens with zero attached hydrogens (tertiary/aromatic N) is 3. The molecule has 0 saturated carbocycles. The van der Waals surface area contributed by atoms with Crippen LogP contribution in [0.2, 0.25) is 0 Å². The molecule has 1 aliphatic heterocycles. The second kappa shape index (κ2) is 6.62. The fraction of sp³-hybridized carbons (Fsp3) is 0.412. The molecule has 0 aliphatic carbocycles. The number of rotatable bonds is 4. The van der Waals surface area contributed by atoms with E-state index >= 15 is 0 Å². The minimum Gasteiger partial charge on any atom is -0.297 e. The van der Waals surface area contributed by atoms with E-state index in [0.29, 0.717) is 0 Å². The Bertz CT molecular complexity index is 465. The highest BCUT2D eigenvalue weighted by molar-refractivity contribution is 5.06. The van der Waals surface area contributed by atoms with Crippen molar-refractivity contribution < 1.29 is 0 Å². The van der Waals surface area contributed by atoms with Crippen LogP contribution in [0.15, 0.2) is 48.8 Å². The van der Waals surface area contributed by atoms with Crippen molar-refractivity contribution in [3.8, 4) is 0 Å². The Labute approximate surface area is 120 Å². The summed E-state index contributed by atoms with van der Waals surface area (Å²) in [4.78, 5) is 11.4. The number of likely N-dealkylation sites (tertiary alicyclic amines) is 1. The molecule has 0 amide bonds. The number of pyridine rings is 2. The summed E-state index contributed by atoms with van der Waals surface area (Å²) in [5.74, 6) is 0.724. The maximum atomic E-state index is 4.45. The molecule has 3 rings (SSSR count). The first-order valence-corrected chi connectivity index (χ1v) is 7.42. The van der Waals surface area contributed by atoms with Gasteiger partial charge in [0.05, 0.1) is 5.69 Å². The molecule has 1 atom stereocenters. The normalized spacial score (nSPS) is 19.9. The molecular formula is C17H21N3. The molecular weight excluding hydrogens is 246 g/mol. The van der Waals surface area contributed by atoms with Gasteiger partial charge in [-0.25, -0.2) is 0 Å².